The molecule has 0 saturated heterocycles. The Morgan fingerprint density at radius 1 is 1.00 bits per heavy atom. The van der Waals surface area contributed by atoms with Crippen molar-refractivity contribution in [1.29, 1.82) is 0 Å². The fourth-order valence-corrected chi connectivity index (χ4v) is 3.05. The van der Waals surface area contributed by atoms with E-state index in [4.69, 9.17) is 4.74 Å². The van der Waals surface area contributed by atoms with E-state index < -0.39 is 0 Å². The Kier molecular flexibility index (Phi) is 4.53. The van der Waals surface area contributed by atoms with Gasteiger partial charge < -0.3 is 10.1 Å². The number of rotatable bonds is 6. The van der Waals surface area contributed by atoms with E-state index >= 15 is 0 Å². The van der Waals surface area contributed by atoms with E-state index in [1.807, 2.05) is 72.2 Å². The molecule has 148 valence electrons. The van der Waals surface area contributed by atoms with E-state index in [9.17, 15) is 0 Å². The predicted molar refractivity (Wildman–Crippen MR) is 111 cm³/mol. The Balaban J connectivity index is 1.38. The van der Waals surface area contributed by atoms with E-state index in [1.165, 1.54) is 0 Å². The highest BCUT2D eigenvalue weighted by Gasteiger charge is 2.10. The number of aryl methyl sites for hydroxylation is 1. The standard InChI is InChI=1S/C21H18N8O/c1-28-18(8-11-23-28)25-21-22-10-7-17(24-21)15-9-12-29-19(13-15)26-27-20(29)14-30-16-5-3-2-4-6-16/h2-13H,14H2,1H3,(H,22,24,25). The molecule has 0 bridgehead atoms. The molecule has 5 rings (SSSR count). The third-order valence-electron chi connectivity index (χ3n) is 4.60. The van der Waals surface area contributed by atoms with E-state index in [-0.39, 0.29) is 0 Å². The van der Waals surface area contributed by atoms with Gasteiger partial charge in [0.1, 0.15) is 18.2 Å². The third kappa shape index (κ3) is 3.55. The number of nitrogens with one attached hydrogen (secondary N) is 1. The van der Waals surface area contributed by atoms with Crippen LogP contribution in [0.3, 0.4) is 0 Å². The van der Waals surface area contributed by atoms with Gasteiger partial charge in [0.05, 0.1) is 11.9 Å². The molecule has 0 spiro atoms. The summed E-state index contributed by atoms with van der Waals surface area (Å²) in [5, 5.41) is 15.8. The summed E-state index contributed by atoms with van der Waals surface area (Å²) in [7, 11) is 1.85. The van der Waals surface area contributed by atoms with Crippen molar-refractivity contribution >= 4 is 17.4 Å². The molecule has 4 heterocycles. The zero-order valence-electron chi connectivity index (χ0n) is 16.2. The second kappa shape index (κ2) is 7.63. The highest BCUT2D eigenvalue weighted by Crippen LogP contribution is 2.21. The first-order valence-electron chi connectivity index (χ1n) is 9.36. The maximum absolute atomic E-state index is 5.79. The second-order valence-corrected chi connectivity index (χ2v) is 6.59. The highest BCUT2D eigenvalue weighted by atomic mass is 16.5. The SMILES string of the molecule is Cn1nccc1Nc1nccc(-c2ccn3c(COc4ccccc4)nnc3c2)n1. The van der Waals surface area contributed by atoms with Gasteiger partial charge >= 0.3 is 0 Å². The first-order valence-corrected chi connectivity index (χ1v) is 9.36. The number of hydrogen-bond donors (Lipinski definition) is 1. The Morgan fingerprint density at radius 2 is 1.90 bits per heavy atom. The van der Waals surface area contributed by atoms with Gasteiger partial charge in [-0.05, 0) is 30.3 Å². The number of nitrogens with zero attached hydrogens (tertiary/aromatic N) is 7. The van der Waals surface area contributed by atoms with Crippen molar-refractivity contribution in [2.45, 2.75) is 6.61 Å². The third-order valence-corrected chi connectivity index (χ3v) is 4.60. The molecule has 4 aromatic heterocycles. The van der Waals surface area contributed by atoms with Gasteiger partial charge in [-0.15, -0.1) is 10.2 Å². The normalized spacial score (nSPS) is 11.0. The summed E-state index contributed by atoms with van der Waals surface area (Å²) in [4.78, 5) is 8.89. The fourth-order valence-electron chi connectivity index (χ4n) is 3.05. The van der Waals surface area contributed by atoms with Gasteiger partial charge in [0.2, 0.25) is 5.95 Å². The average molecular weight is 398 g/mol. The van der Waals surface area contributed by atoms with Crippen LogP contribution >= 0.6 is 0 Å². The zero-order valence-corrected chi connectivity index (χ0v) is 16.2. The van der Waals surface area contributed by atoms with Crippen LogP contribution in [0.5, 0.6) is 5.75 Å². The molecule has 0 fully saturated rings. The topological polar surface area (TPSA) is 95.1 Å². The lowest BCUT2D eigenvalue weighted by atomic mass is 10.2. The van der Waals surface area contributed by atoms with Crippen LogP contribution in [0.15, 0.2) is 73.2 Å². The maximum Gasteiger partial charge on any atom is 0.228 e. The molecule has 1 N–H and O–H groups in total. The monoisotopic (exact) mass is 398 g/mol. The summed E-state index contributed by atoms with van der Waals surface area (Å²) in [5.41, 5.74) is 2.42. The molecule has 0 aliphatic rings. The lowest BCUT2D eigenvalue weighted by molar-refractivity contribution is 0.294. The number of benzene rings is 1. The van der Waals surface area contributed by atoms with Gasteiger partial charge in [-0.3, -0.25) is 9.08 Å². The number of para-hydroxylation sites is 1. The summed E-state index contributed by atoms with van der Waals surface area (Å²) < 4.78 is 9.41. The van der Waals surface area contributed by atoms with Crippen LogP contribution in [0.25, 0.3) is 16.9 Å². The Labute approximate surface area is 172 Å². The number of aromatic nitrogens is 7. The van der Waals surface area contributed by atoms with Crippen molar-refractivity contribution in [3.63, 3.8) is 0 Å². The van der Waals surface area contributed by atoms with Crippen LogP contribution in [0.2, 0.25) is 0 Å². The van der Waals surface area contributed by atoms with Crippen molar-refractivity contribution in [2.75, 3.05) is 5.32 Å². The lowest BCUT2D eigenvalue weighted by Gasteiger charge is -2.07. The molecule has 0 saturated carbocycles. The van der Waals surface area contributed by atoms with Crippen molar-refractivity contribution in [3.05, 3.63) is 79.0 Å². The Morgan fingerprint density at radius 3 is 2.73 bits per heavy atom. The van der Waals surface area contributed by atoms with Crippen molar-refractivity contribution in [1.82, 2.24) is 34.3 Å². The summed E-state index contributed by atoms with van der Waals surface area (Å²) in [6.45, 7) is 0.330. The molecule has 0 atom stereocenters. The van der Waals surface area contributed by atoms with Gasteiger partial charge in [0.15, 0.2) is 11.5 Å². The average Bonchev–Trinajstić information content (AvgIpc) is 3.38. The molecule has 9 nitrogen and oxygen atoms in total. The van der Waals surface area contributed by atoms with Gasteiger partial charge in [-0.2, -0.15) is 5.10 Å². The van der Waals surface area contributed by atoms with Gasteiger partial charge in [-0.1, -0.05) is 18.2 Å². The molecular weight excluding hydrogens is 380 g/mol. The fraction of sp³-hybridized carbons (Fsp3) is 0.0952. The molecule has 9 heteroatoms. The largest absolute Gasteiger partial charge is 0.486 e. The van der Waals surface area contributed by atoms with E-state index in [0.29, 0.717) is 12.6 Å². The van der Waals surface area contributed by atoms with E-state index in [0.717, 1.165) is 34.3 Å². The van der Waals surface area contributed by atoms with Crippen LogP contribution in [-0.4, -0.2) is 34.3 Å². The minimum atomic E-state index is 0.330. The molecule has 0 aliphatic carbocycles. The predicted octanol–water partition coefficient (Wildman–Crippen LogP) is 3.24. The Bertz CT molecular complexity index is 1290. The molecule has 1 aromatic carbocycles. The quantitative estimate of drug-likeness (QED) is 0.469. The molecule has 0 amide bonds. The number of hydrogen-bond acceptors (Lipinski definition) is 7. The van der Waals surface area contributed by atoms with E-state index in [2.05, 4.69) is 30.6 Å². The molecule has 30 heavy (non-hydrogen) atoms. The van der Waals surface area contributed by atoms with Gasteiger partial charge in [0.25, 0.3) is 0 Å². The van der Waals surface area contributed by atoms with Crippen molar-refractivity contribution in [3.8, 4) is 17.0 Å². The molecule has 0 unspecified atom stereocenters. The smallest absolute Gasteiger partial charge is 0.228 e. The van der Waals surface area contributed by atoms with Gasteiger partial charge in [0, 0.05) is 31.1 Å². The summed E-state index contributed by atoms with van der Waals surface area (Å²) in [6, 6.07) is 17.3. The molecule has 5 aromatic rings. The summed E-state index contributed by atoms with van der Waals surface area (Å²) in [6.07, 6.45) is 5.35. The molecular formula is C21H18N8O. The van der Waals surface area contributed by atoms with Crippen LogP contribution in [0, 0.1) is 0 Å². The number of fused-ring (bicyclic) bond motifs is 1. The molecule has 0 aliphatic heterocycles. The highest BCUT2D eigenvalue weighted by molar-refractivity contribution is 5.65. The van der Waals surface area contributed by atoms with Crippen molar-refractivity contribution in [2.24, 2.45) is 7.05 Å². The first kappa shape index (κ1) is 17.8. The van der Waals surface area contributed by atoms with Crippen molar-refractivity contribution < 1.29 is 4.74 Å². The first-order chi connectivity index (χ1) is 14.8. The number of pyridine rings is 1. The molecule has 0 radical (unpaired) electrons. The summed E-state index contributed by atoms with van der Waals surface area (Å²) >= 11 is 0. The van der Waals surface area contributed by atoms with Crippen LogP contribution < -0.4 is 10.1 Å². The van der Waals surface area contributed by atoms with Crippen LogP contribution in [0.4, 0.5) is 11.8 Å². The number of ether oxygens (including phenoxy) is 1. The zero-order chi connectivity index (χ0) is 20.3. The minimum absolute atomic E-state index is 0.330. The summed E-state index contributed by atoms with van der Waals surface area (Å²) in [5.74, 6) is 2.82. The van der Waals surface area contributed by atoms with E-state index in [1.54, 1.807) is 17.1 Å². The van der Waals surface area contributed by atoms with Gasteiger partial charge in [-0.25, -0.2) is 9.97 Å². The minimum Gasteiger partial charge on any atom is -0.486 e. The number of anilines is 2. The second-order valence-electron chi connectivity index (χ2n) is 6.59. The van der Waals surface area contributed by atoms with Crippen LogP contribution in [0.1, 0.15) is 5.82 Å². The van der Waals surface area contributed by atoms with Crippen LogP contribution in [-0.2, 0) is 13.7 Å². The Hall–Kier alpha value is -4.27. The maximum atomic E-state index is 5.79. The lowest BCUT2D eigenvalue weighted by Crippen LogP contribution is -2.03.